The lowest BCUT2D eigenvalue weighted by atomic mass is 10.2. The quantitative estimate of drug-likeness (QED) is 0.653. The molecule has 2 rings (SSSR count). The Morgan fingerprint density at radius 2 is 1.96 bits per heavy atom. The van der Waals surface area contributed by atoms with Gasteiger partial charge in [-0.25, -0.2) is 19.9 Å². The molecule has 0 radical (unpaired) electrons. The van der Waals surface area contributed by atoms with Crippen LogP contribution in [0.1, 0.15) is 26.6 Å². The van der Waals surface area contributed by atoms with Gasteiger partial charge in [0.25, 0.3) is 0 Å². The first kappa shape index (κ1) is 17.0. The summed E-state index contributed by atoms with van der Waals surface area (Å²) in [4.78, 5) is 16.0. The van der Waals surface area contributed by atoms with E-state index in [1.807, 2.05) is 58.0 Å². The highest BCUT2D eigenvalue weighted by molar-refractivity contribution is 5.66. The van der Waals surface area contributed by atoms with Crippen molar-refractivity contribution in [1.29, 1.82) is 0 Å². The molecule has 7 heteroatoms. The summed E-state index contributed by atoms with van der Waals surface area (Å²) in [7, 11) is 0. The van der Waals surface area contributed by atoms with Gasteiger partial charge in [-0.05, 0) is 27.7 Å². The van der Waals surface area contributed by atoms with Gasteiger partial charge in [-0.2, -0.15) is 5.10 Å². The zero-order chi connectivity index (χ0) is 16.9. The van der Waals surface area contributed by atoms with Gasteiger partial charge in [-0.15, -0.1) is 0 Å². The van der Waals surface area contributed by atoms with Gasteiger partial charge in [0.05, 0.1) is 6.54 Å². The van der Waals surface area contributed by atoms with Crippen molar-refractivity contribution in [3.05, 3.63) is 36.2 Å². The Morgan fingerprint density at radius 3 is 2.61 bits per heavy atom. The summed E-state index contributed by atoms with van der Waals surface area (Å²) in [6.07, 6.45) is -0.502. The van der Waals surface area contributed by atoms with Gasteiger partial charge in [-0.3, -0.25) is 5.43 Å². The van der Waals surface area contributed by atoms with Crippen molar-refractivity contribution in [2.75, 3.05) is 6.54 Å². The normalized spacial score (nSPS) is 11.3. The van der Waals surface area contributed by atoms with E-state index in [2.05, 4.69) is 20.9 Å². The summed E-state index contributed by atoms with van der Waals surface area (Å²) in [5, 5.41) is 4.48. The molecule has 1 aromatic carbocycles. The highest BCUT2D eigenvalue weighted by Gasteiger charge is 2.15. The number of hydrogen-bond donors (Lipinski definition) is 2. The summed E-state index contributed by atoms with van der Waals surface area (Å²) in [5.74, 6) is 1.52. The molecule has 0 saturated carbocycles. The zero-order valence-corrected chi connectivity index (χ0v) is 14.0. The standard InChI is InChI=1S/C16H23N5O2/c1-12-18-14(13-8-6-5-7-9-13)20-21(12)11-10-17-19-15(22)23-16(2,3)4/h5-9,17H,10-11H2,1-4H3,(H,19,22). The lowest BCUT2D eigenvalue weighted by Crippen LogP contribution is -2.42. The number of benzene rings is 1. The highest BCUT2D eigenvalue weighted by Crippen LogP contribution is 2.14. The van der Waals surface area contributed by atoms with Crippen LogP contribution in [0, 0.1) is 6.92 Å². The van der Waals surface area contributed by atoms with Crippen molar-refractivity contribution in [2.45, 2.75) is 39.8 Å². The molecule has 124 valence electrons. The minimum Gasteiger partial charge on any atom is -0.443 e. The molecule has 0 atom stereocenters. The van der Waals surface area contributed by atoms with Crippen LogP contribution in [0.2, 0.25) is 0 Å². The van der Waals surface area contributed by atoms with Crippen molar-refractivity contribution in [3.8, 4) is 11.4 Å². The number of hydrogen-bond acceptors (Lipinski definition) is 5. The Balaban J connectivity index is 1.83. The van der Waals surface area contributed by atoms with Gasteiger partial charge in [0.15, 0.2) is 5.82 Å². The minimum absolute atomic E-state index is 0.502. The maximum absolute atomic E-state index is 11.5. The summed E-state index contributed by atoms with van der Waals surface area (Å²) >= 11 is 0. The molecule has 2 aromatic rings. The molecule has 0 spiro atoms. The number of hydrazine groups is 1. The molecule has 0 bridgehead atoms. The predicted molar refractivity (Wildman–Crippen MR) is 87.6 cm³/mol. The van der Waals surface area contributed by atoms with Crippen LogP contribution < -0.4 is 10.9 Å². The van der Waals surface area contributed by atoms with E-state index in [-0.39, 0.29) is 0 Å². The van der Waals surface area contributed by atoms with E-state index in [0.29, 0.717) is 18.9 Å². The number of nitrogens with one attached hydrogen (secondary N) is 2. The van der Waals surface area contributed by atoms with Crippen molar-refractivity contribution in [2.24, 2.45) is 0 Å². The molecule has 7 nitrogen and oxygen atoms in total. The van der Waals surface area contributed by atoms with Crippen molar-refractivity contribution in [3.63, 3.8) is 0 Å². The van der Waals surface area contributed by atoms with E-state index in [1.54, 1.807) is 4.68 Å². The van der Waals surface area contributed by atoms with E-state index in [4.69, 9.17) is 4.74 Å². The molecule has 0 unspecified atom stereocenters. The number of carbonyl (C=O) groups excluding carboxylic acids is 1. The van der Waals surface area contributed by atoms with Crippen LogP contribution in [-0.4, -0.2) is 33.0 Å². The first-order chi connectivity index (χ1) is 10.8. The molecule has 23 heavy (non-hydrogen) atoms. The van der Waals surface area contributed by atoms with Crippen LogP contribution in [0.3, 0.4) is 0 Å². The molecule has 1 aromatic heterocycles. The van der Waals surface area contributed by atoms with Gasteiger partial charge in [0, 0.05) is 12.1 Å². The summed E-state index contributed by atoms with van der Waals surface area (Å²) in [5.41, 5.74) is 5.78. The molecule has 1 amide bonds. The Kier molecular flexibility index (Phi) is 5.33. The molecule has 0 aliphatic rings. The van der Waals surface area contributed by atoms with Crippen LogP contribution in [0.5, 0.6) is 0 Å². The second-order valence-electron chi connectivity index (χ2n) is 6.13. The van der Waals surface area contributed by atoms with E-state index in [1.165, 1.54) is 0 Å². The lowest BCUT2D eigenvalue weighted by Gasteiger charge is -2.19. The number of aromatic nitrogens is 3. The molecule has 1 heterocycles. The molecule has 0 fully saturated rings. The van der Waals surface area contributed by atoms with Gasteiger partial charge >= 0.3 is 6.09 Å². The molecular weight excluding hydrogens is 294 g/mol. The van der Waals surface area contributed by atoms with Gasteiger partial charge in [-0.1, -0.05) is 30.3 Å². The van der Waals surface area contributed by atoms with E-state index in [0.717, 1.165) is 11.4 Å². The SMILES string of the molecule is Cc1nc(-c2ccccc2)nn1CCNNC(=O)OC(C)(C)C. The van der Waals surface area contributed by atoms with Crippen LogP contribution >= 0.6 is 0 Å². The third-order valence-corrected chi connectivity index (χ3v) is 2.93. The molecule has 0 saturated heterocycles. The number of aryl methyl sites for hydroxylation is 1. The number of nitrogens with zero attached hydrogens (tertiary/aromatic N) is 3. The van der Waals surface area contributed by atoms with E-state index >= 15 is 0 Å². The van der Waals surface area contributed by atoms with Crippen LogP contribution in [0.15, 0.2) is 30.3 Å². The van der Waals surface area contributed by atoms with Gasteiger partial charge in [0.2, 0.25) is 0 Å². The lowest BCUT2D eigenvalue weighted by molar-refractivity contribution is 0.0497. The number of carbonyl (C=O) groups is 1. The smallest absolute Gasteiger partial charge is 0.422 e. The largest absolute Gasteiger partial charge is 0.443 e. The summed E-state index contributed by atoms with van der Waals surface area (Å²) in [6.45, 7) is 8.45. The molecular formula is C16H23N5O2. The fourth-order valence-electron chi connectivity index (χ4n) is 1.94. The maximum Gasteiger partial charge on any atom is 0.422 e. The average molecular weight is 317 g/mol. The zero-order valence-electron chi connectivity index (χ0n) is 14.0. The second kappa shape index (κ2) is 7.23. The van der Waals surface area contributed by atoms with E-state index in [9.17, 15) is 4.79 Å². The van der Waals surface area contributed by atoms with Gasteiger partial charge < -0.3 is 4.74 Å². The number of ether oxygens (including phenoxy) is 1. The first-order valence-corrected chi connectivity index (χ1v) is 7.54. The van der Waals surface area contributed by atoms with Crippen LogP contribution in [0.4, 0.5) is 4.79 Å². The maximum atomic E-state index is 11.5. The molecule has 2 N–H and O–H groups in total. The van der Waals surface area contributed by atoms with Crippen LogP contribution in [0.25, 0.3) is 11.4 Å². The first-order valence-electron chi connectivity index (χ1n) is 7.54. The van der Waals surface area contributed by atoms with Crippen molar-refractivity contribution >= 4 is 6.09 Å². The number of amides is 1. The third kappa shape index (κ3) is 5.37. The average Bonchev–Trinajstić information content (AvgIpc) is 2.84. The fraction of sp³-hybridized carbons (Fsp3) is 0.438. The molecule has 0 aliphatic heterocycles. The minimum atomic E-state index is -0.515. The Hall–Kier alpha value is -2.41. The highest BCUT2D eigenvalue weighted by atomic mass is 16.6. The molecule has 0 aliphatic carbocycles. The monoisotopic (exact) mass is 317 g/mol. The van der Waals surface area contributed by atoms with E-state index < -0.39 is 11.7 Å². The van der Waals surface area contributed by atoms with Crippen molar-refractivity contribution in [1.82, 2.24) is 25.6 Å². The summed E-state index contributed by atoms with van der Waals surface area (Å²) in [6, 6.07) is 9.82. The second-order valence-corrected chi connectivity index (χ2v) is 6.13. The fourth-order valence-corrected chi connectivity index (χ4v) is 1.94. The van der Waals surface area contributed by atoms with Crippen molar-refractivity contribution < 1.29 is 9.53 Å². The van der Waals surface area contributed by atoms with Gasteiger partial charge in [0.1, 0.15) is 11.4 Å². The third-order valence-electron chi connectivity index (χ3n) is 2.93. The summed E-state index contributed by atoms with van der Waals surface area (Å²) < 4.78 is 6.93. The Labute approximate surface area is 136 Å². The van der Waals surface area contributed by atoms with Crippen LogP contribution in [-0.2, 0) is 11.3 Å². The Bertz CT molecular complexity index is 646. The Morgan fingerprint density at radius 1 is 1.26 bits per heavy atom. The predicted octanol–water partition coefficient (Wildman–Crippen LogP) is 2.28. The topological polar surface area (TPSA) is 81.1 Å². The number of rotatable bonds is 5.